The van der Waals surface area contributed by atoms with E-state index in [1.807, 2.05) is 31.2 Å². The van der Waals surface area contributed by atoms with Crippen LogP contribution < -0.4 is 0 Å². The molecule has 0 saturated heterocycles. The van der Waals surface area contributed by atoms with Crippen LogP contribution in [0, 0.1) is 6.92 Å². The lowest BCUT2D eigenvalue weighted by atomic mass is 10.2. The minimum atomic E-state index is -1.01. The second-order valence-corrected chi connectivity index (χ2v) is 4.98. The molecule has 0 amide bonds. The molecule has 1 aromatic carbocycles. The molecule has 0 aliphatic carbocycles. The van der Waals surface area contributed by atoms with Crippen molar-refractivity contribution in [3.8, 4) is 5.95 Å². The van der Waals surface area contributed by atoms with Crippen LogP contribution in [0.2, 0.25) is 0 Å². The first-order chi connectivity index (χ1) is 10.6. The smallest absolute Gasteiger partial charge is 0.337 e. The number of aromatic carboxylic acids is 1. The molecule has 0 bridgehead atoms. The number of nitrogens with one attached hydrogen (secondary N) is 1. The fourth-order valence-electron chi connectivity index (χ4n) is 2.45. The van der Waals surface area contributed by atoms with E-state index in [2.05, 4.69) is 20.1 Å². The van der Waals surface area contributed by atoms with E-state index in [1.54, 1.807) is 10.7 Å². The van der Waals surface area contributed by atoms with Crippen molar-refractivity contribution < 1.29 is 9.90 Å². The van der Waals surface area contributed by atoms with Gasteiger partial charge in [0.05, 0.1) is 22.3 Å². The average molecular weight is 293 g/mol. The molecule has 0 unspecified atom stereocenters. The fraction of sp³-hybridized carbons (Fsp3) is 0.0667. The van der Waals surface area contributed by atoms with Crippen molar-refractivity contribution in [3.05, 3.63) is 47.8 Å². The molecule has 0 aliphatic heterocycles. The zero-order valence-corrected chi connectivity index (χ0v) is 11.6. The van der Waals surface area contributed by atoms with E-state index in [1.165, 1.54) is 6.20 Å². The maximum absolute atomic E-state index is 11.1. The van der Waals surface area contributed by atoms with Gasteiger partial charge in [-0.2, -0.15) is 9.78 Å². The summed E-state index contributed by atoms with van der Waals surface area (Å²) in [4.78, 5) is 23.0. The van der Waals surface area contributed by atoms with Gasteiger partial charge in [0.2, 0.25) is 5.95 Å². The molecule has 0 atom stereocenters. The summed E-state index contributed by atoms with van der Waals surface area (Å²) in [5.74, 6) is -0.458. The van der Waals surface area contributed by atoms with Crippen LogP contribution in [-0.4, -0.2) is 35.8 Å². The monoisotopic (exact) mass is 293 g/mol. The molecule has 0 spiro atoms. The van der Waals surface area contributed by atoms with Crippen molar-refractivity contribution in [1.82, 2.24) is 24.7 Å². The van der Waals surface area contributed by atoms with Crippen LogP contribution in [0.15, 0.2) is 36.5 Å². The van der Waals surface area contributed by atoms with E-state index in [0.29, 0.717) is 22.7 Å². The summed E-state index contributed by atoms with van der Waals surface area (Å²) in [6.45, 7) is 1.81. The van der Waals surface area contributed by atoms with Crippen LogP contribution in [0.5, 0.6) is 0 Å². The maximum Gasteiger partial charge on any atom is 0.337 e. The highest BCUT2D eigenvalue weighted by molar-refractivity contribution is 5.92. The molecule has 2 N–H and O–H groups in total. The molecule has 3 aromatic heterocycles. The Morgan fingerprint density at radius 1 is 1.32 bits per heavy atom. The van der Waals surface area contributed by atoms with Crippen LogP contribution in [-0.2, 0) is 0 Å². The molecular formula is C15H11N5O2. The number of nitrogens with zero attached hydrogens (tertiary/aromatic N) is 4. The van der Waals surface area contributed by atoms with Crippen LogP contribution >= 0.6 is 0 Å². The third-order valence-electron chi connectivity index (χ3n) is 3.53. The van der Waals surface area contributed by atoms with E-state index in [4.69, 9.17) is 5.11 Å². The average Bonchev–Trinajstić information content (AvgIpc) is 3.08. The maximum atomic E-state index is 11.1. The van der Waals surface area contributed by atoms with Crippen molar-refractivity contribution in [2.45, 2.75) is 6.92 Å². The Morgan fingerprint density at radius 3 is 2.91 bits per heavy atom. The number of fused-ring (bicyclic) bond motifs is 2. The number of hydrogen-bond donors (Lipinski definition) is 2. The highest BCUT2D eigenvalue weighted by Crippen LogP contribution is 2.21. The minimum Gasteiger partial charge on any atom is -0.478 e. The molecular weight excluding hydrogens is 282 g/mol. The van der Waals surface area contributed by atoms with Gasteiger partial charge in [-0.15, -0.1) is 0 Å². The normalized spacial score (nSPS) is 11.3. The summed E-state index contributed by atoms with van der Waals surface area (Å²) in [6, 6.07) is 9.25. The number of hydrogen-bond acceptors (Lipinski definition) is 4. The van der Waals surface area contributed by atoms with Crippen molar-refractivity contribution in [2.24, 2.45) is 0 Å². The molecule has 4 aromatic rings. The van der Waals surface area contributed by atoms with Crippen molar-refractivity contribution in [1.29, 1.82) is 0 Å². The molecule has 22 heavy (non-hydrogen) atoms. The SMILES string of the molecule is Cc1nn(-c2nc3ccccc3[nH]2)c2ncc(C(=O)O)cc12. The van der Waals surface area contributed by atoms with Gasteiger partial charge < -0.3 is 10.1 Å². The predicted octanol–water partition coefficient (Wildman–Crippen LogP) is 2.30. The summed E-state index contributed by atoms with van der Waals surface area (Å²) in [6.07, 6.45) is 1.32. The summed E-state index contributed by atoms with van der Waals surface area (Å²) in [5.41, 5.74) is 3.15. The Bertz CT molecular complexity index is 998. The standard InChI is InChI=1S/C15H11N5O2/c1-8-10-6-9(14(21)22)7-16-13(10)20(19-8)15-17-11-4-2-3-5-12(11)18-15/h2-7H,1H3,(H,17,18)(H,21,22). The quantitative estimate of drug-likeness (QED) is 0.591. The summed E-state index contributed by atoms with van der Waals surface area (Å²) < 4.78 is 1.59. The van der Waals surface area contributed by atoms with E-state index in [-0.39, 0.29) is 5.56 Å². The molecule has 0 aliphatic rings. The number of carboxylic acid groups (broad SMARTS) is 1. The highest BCUT2D eigenvalue weighted by Gasteiger charge is 2.15. The largest absolute Gasteiger partial charge is 0.478 e. The van der Waals surface area contributed by atoms with Gasteiger partial charge in [-0.25, -0.2) is 14.8 Å². The van der Waals surface area contributed by atoms with E-state index < -0.39 is 5.97 Å². The number of rotatable bonds is 2. The van der Waals surface area contributed by atoms with Gasteiger partial charge >= 0.3 is 5.97 Å². The van der Waals surface area contributed by atoms with Crippen molar-refractivity contribution >= 4 is 28.0 Å². The highest BCUT2D eigenvalue weighted by atomic mass is 16.4. The number of aryl methyl sites for hydroxylation is 1. The number of H-pyrrole nitrogens is 1. The van der Waals surface area contributed by atoms with Crippen LogP contribution in [0.25, 0.3) is 28.0 Å². The van der Waals surface area contributed by atoms with E-state index in [9.17, 15) is 4.79 Å². The van der Waals surface area contributed by atoms with Gasteiger partial charge in [-0.1, -0.05) is 12.1 Å². The number of benzene rings is 1. The first kappa shape index (κ1) is 12.5. The number of imidazole rings is 1. The number of para-hydroxylation sites is 2. The Labute approximate surface area is 124 Å². The zero-order chi connectivity index (χ0) is 15.3. The Kier molecular flexibility index (Phi) is 2.50. The third-order valence-corrected chi connectivity index (χ3v) is 3.53. The molecule has 0 saturated carbocycles. The van der Waals surface area contributed by atoms with Gasteiger partial charge in [-0.05, 0) is 25.1 Å². The molecule has 0 fully saturated rings. The first-order valence-corrected chi connectivity index (χ1v) is 6.67. The Hall–Kier alpha value is -3.22. The second-order valence-electron chi connectivity index (χ2n) is 4.98. The lowest BCUT2D eigenvalue weighted by Gasteiger charge is -1.98. The van der Waals surface area contributed by atoms with Crippen molar-refractivity contribution in [3.63, 3.8) is 0 Å². The molecule has 0 radical (unpaired) electrons. The summed E-state index contributed by atoms with van der Waals surface area (Å²) in [5, 5.41) is 14.2. The van der Waals surface area contributed by atoms with Gasteiger partial charge in [0.15, 0.2) is 5.65 Å². The van der Waals surface area contributed by atoms with Crippen LogP contribution in [0.1, 0.15) is 16.1 Å². The van der Waals surface area contributed by atoms with E-state index in [0.717, 1.165) is 11.0 Å². The third kappa shape index (κ3) is 1.76. The fourth-order valence-corrected chi connectivity index (χ4v) is 2.45. The van der Waals surface area contributed by atoms with Gasteiger partial charge in [-0.3, -0.25) is 0 Å². The van der Waals surface area contributed by atoms with Gasteiger partial charge in [0, 0.05) is 11.6 Å². The topological polar surface area (TPSA) is 96.7 Å². The van der Waals surface area contributed by atoms with E-state index >= 15 is 0 Å². The lowest BCUT2D eigenvalue weighted by molar-refractivity contribution is 0.0696. The van der Waals surface area contributed by atoms with Crippen LogP contribution in [0.3, 0.4) is 0 Å². The molecule has 4 rings (SSSR count). The lowest BCUT2D eigenvalue weighted by Crippen LogP contribution is -2.01. The van der Waals surface area contributed by atoms with Gasteiger partial charge in [0.1, 0.15) is 0 Å². The Morgan fingerprint density at radius 2 is 2.14 bits per heavy atom. The zero-order valence-electron chi connectivity index (χ0n) is 11.6. The molecule has 3 heterocycles. The number of carboxylic acids is 1. The first-order valence-electron chi connectivity index (χ1n) is 6.67. The summed E-state index contributed by atoms with van der Waals surface area (Å²) in [7, 11) is 0. The number of aromatic nitrogens is 5. The molecule has 7 heteroatoms. The Balaban J connectivity index is 1.96. The predicted molar refractivity (Wildman–Crippen MR) is 80.2 cm³/mol. The summed E-state index contributed by atoms with van der Waals surface area (Å²) >= 11 is 0. The molecule has 108 valence electrons. The van der Waals surface area contributed by atoms with Crippen LogP contribution in [0.4, 0.5) is 0 Å². The number of aromatic amines is 1. The van der Waals surface area contributed by atoms with Gasteiger partial charge in [0.25, 0.3) is 0 Å². The molecule has 7 nitrogen and oxygen atoms in total. The minimum absolute atomic E-state index is 0.139. The number of carbonyl (C=O) groups is 1. The van der Waals surface area contributed by atoms with Crippen molar-refractivity contribution in [2.75, 3.05) is 0 Å². The second kappa shape index (κ2) is 4.39. The number of pyridine rings is 1.